The summed E-state index contributed by atoms with van der Waals surface area (Å²) in [5, 5.41) is 10.2. The number of carbonyl (C=O) groups excluding carboxylic acids is 2. The molecule has 198 valence electrons. The first-order valence-corrected chi connectivity index (χ1v) is 11.6. The van der Waals surface area contributed by atoms with E-state index in [-0.39, 0.29) is 34.1 Å². The molecule has 0 aromatic heterocycles. The number of esters is 2. The van der Waals surface area contributed by atoms with Crippen LogP contribution in [0.5, 0.6) is 17.2 Å². The Labute approximate surface area is 224 Å². The number of benzene rings is 3. The van der Waals surface area contributed by atoms with Crippen LogP contribution in [0.15, 0.2) is 95.5 Å². The number of anilines is 1. The molecule has 0 aliphatic carbocycles. The van der Waals surface area contributed by atoms with E-state index in [2.05, 4.69) is 6.07 Å². The van der Waals surface area contributed by atoms with Gasteiger partial charge in [-0.15, -0.1) is 0 Å². The minimum absolute atomic E-state index is 0.0515. The normalized spacial score (nSPS) is 14.9. The predicted octanol–water partition coefficient (Wildman–Crippen LogP) is 4.52. The van der Waals surface area contributed by atoms with Crippen molar-refractivity contribution in [3.63, 3.8) is 0 Å². The molecule has 0 saturated carbocycles. The summed E-state index contributed by atoms with van der Waals surface area (Å²) in [5.41, 5.74) is 6.36. The summed E-state index contributed by atoms with van der Waals surface area (Å²) in [5.74, 6) is -2.80. The van der Waals surface area contributed by atoms with Crippen LogP contribution in [-0.4, -0.2) is 33.3 Å². The molecule has 1 heterocycles. The van der Waals surface area contributed by atoms with Crippen molar-refractivity contribution in [3.05, 3.63) is 107 Å². The van der Waals surface area contributed by atoms with Gasteiger partial charge in [-0.1, -0.05) is 30.3 Å². The lowest BCUT2D eigenvalue weighted by molar-refractivity contribution is -0.139. The summed E-state index contributed by atoms with van der Waals surface area (Å²) < 4.78 is 35.9. The highest BCUT2D eigenvalue weighted by atomic mass is 19.1. The van der Waals surface area contributed by atoms with Crippen LogP contribution in [0, 0.1) is 17.1 Å². The van der Waals surface area contributed by atoms with E-state index in [9.17, 15) is 19.2 Å². The fourth-order valence-corrected chi connectivity index (χ4v) is 4.29. The first-order chi connectivity index (χ1) is 18.8. The zero-order valence-corrected chi connectivity index (χ0v) is 21.3. The van der Waals surface area contributed by atoms with Crippen LogP contribution < -0.4 is 20.1 Å². The Morgan fingerprint density at radius 3 is 2.15 bits per heavy atom. The standard InChI is InChI=1S/C29H24FN3O6/c1-36-19-10-12-20(13-11-19)39-23-14-9-18(30)15-22(23)33-26(29(35)38-3)25(28(34)37-2)24(21(16-31)27(33)32)17-7-5-4-6-8-17/h4-15,24H,32H2,1-3H3. The molecule has 0 amide bonds. The SMILES string of the molecule is COC(=O)C1=C(C(=O)OC)N(c2cc(F)ccc2Oc2ccc(OC)cc2)C(N)=C(C#N)C1c1ccccc1. The van der Waals surface area contributed by atoms with Gasteiger partial charge in [0.25, 0.3) is 0 Å². The molecule has 9 nitrogen and oxygen atoms in total. The van der Waals surface area contributed by atoms with E-state index < -0.39 is 23.7 Å². The highest BCUT2D eigenvalue weighted by molar-refractivity contribution is 6.06. The molecule has 1 unspecified atom stereocenters. The molecule has 1 atom stereocenters. The Balaban J connectivity index is 2.00. The highest BCUT2D eigenvalue weighted by Gasteiger charge is 2.43. The van der Waals surface area contributed by atoms with Gasteiger partial charge in [-0.05, 0) is 42.0 Å². The van der Waals surface area contributed by atoms with E-state index in [1.807, 2.05) is 0 Å². The summed E-state index contributed by atoms with van der Waals surface area (Å²) >= 11 is 0. The first-order valence-electron chi connectivity index (χ1n) is 11.6. The molecular formula is C29H24FN3O6. The summed E-state index contributed by atoms with van der Waals surface area (Å²) in [4.78, 5) is 27.6. The number of methoxy groups -OCH3 is 3. The first kappa shape index (κ1) is 26.8. The lowest BCUT2D eigenvalue weighted by Crippen LogP contribution is -2.41. The van der Waals surface area contributed by atoms with Crippen LogP contribution in [-0.2, 0) is 19.1 Å². The van der Waals surface area contributed by atoms with Crippen molar-refractivity contribution in [2.75, 3.05) is 26.2 Å². The molecule has 3 aromatic carbocycles. The Hall–Kier alpha value is -5.30. The van der Waals surface area contributed by atoms with Gasteiger partial charge in [-0.3, -0.25) is 4.90 Å². The molecule has 0 bridgehead atoms. The highest BCUT2D eigenvalue weighted by Crippen LogP contribution is 2.46. The third-order valence-electron chi connectivity index (χ3n) is 6.06. The van der Waals surface area contributed by atoms with Crippen molar-refractivity contribution < 1.29 is 32.9 Å². The van der Waals surface area contributed by atoms with Crippen LogP contribution in [0.25, 0.3) is 0 Å². The van der Waals surface area contributed by atoms with Crippen LogP contribution in [0.2, 0.25) is 0 Å². The molecule has 4 rings (SSSR count). The Morgan fingerprint density at radius 1 is 0.923 bits per heavy atom. The third kappa shape index (κ3) is 5.10. The number of hydrogen-bond acceptors (Lipinski definition) is 9. The van der Waals surface area contributed by atoms with E-state index in [0.717, 1.165) is 31.3 Å². The summed E-state index contributed by atoms with van der Waals surface area (Å²) in [7, 11) is 3.79. The minimum atomic E-state index is -1.06. The molecule has 2 N–H and O–H groups in total. The molecule has 3 aromatic rings. The maximum Gasteiger partial charge on any atom is 0.355 e. The molecule has 0 saturated heterocycles. The van der Waals surface area contributed by atoms with Gasteiger partial charge in [-0.2, -0.15) is 5.26 Å². The number of rotatable bonds is 7. The quantitative estimate of drug-likeness (QED) is 0.440. The van der Waals surface area contributed by atoms with E-state index >= 15 is 0 Å². The number of nitrogens with zero attached hydrogens (tertiary/aromatic N) is 2. The third-order valence-corrected chi connectivity index (χ3v) is 6.06. The summed E-state index contributed by atoms with van der Waals surface area (Å²) in [6, 6.07) is 20.8. The second-order valence-corrected chi connectivity index (χ2v) is 8.22. The molecule has 1 aliphatic rings. The lowest BCUT2D eigenvalue weighted by Gasteiger charge is -2.36. The van der Waals surface area contributed by atoms with Crippen LogP contribution in [0.1, 0.15) is 11.5 Å². The van der Waals surface area contributed by atoms with E-state index in [1.165, 1.54) is 13.2 Å². The van der Waals surface area contributed by atoms with Crippen LogP contribution in [0.4, 0.5) is 10.1 Å². The van der Waals surface area contributed by atoms with Crippen molar-refractivity contribution in [1.29, 1.82) is 5.26 Å². The van der Waals surface area contributed by atoms with Gasteiger partial charge in [0.2, 0.25) is 0 Å². The molecule has 0 spiro atoms. The van der Waals surface area contributed by atoms with E-state index in [1.54, 1.807) is 54.6 Å². The maximum atomic E-state index is 14.7. The van der Waals surface area contributed by atoms with Crippen LogP contribution in [0.3, 0.4) is 0 Å². The second kappa shape index (κ2) is 11.4. The van der Waals surface area contributed by atoms with Crippen LogP contribution >= 0.6 is 0 Å². The van der Waals surface area contributed by atoms with Crippen molar-refractivity contribution in [3.8, 4) is 23.3 Å². The largest absolute Gasteiger partial charge is 0.497 e. The summed E-state index contributed by atoms with van der Waals surface area (Å²) in [6.07, 6.45) is 0. The molecular weight excluding hydrogens is 505 g/mol. The molecule has 39 heavy (non-hydrogen) atoms. The number of nitriles is 1. The number of carbonyl (C=O) groups is 2. The molecule has 0 fully saturated rings. The topological polar surface area (TPSA) is 124 Å². The average molecular weight is 530 g/mol. The predicted molar refractivity (Wildman–Crippen MR) is 139 cm³/mol. The monoisotopic (exact) mass is 529 g/mol. The van der Waals surface area contributed by atoms with Crippen molar-refractivity contribution in [2.45, 2.75) is 5.92 Å². The zero-order valence-electron chi connectivity index (χ0n) is 21.3. The Morgan fingerprint density at radius 2 is 1.56 bits per heavy atom. The fraction of sp³-hybridized carbons (Fsp3) is 0.138. The lowest BCUT2D eigenvalue weighted by atomic mass is 9.81. The van der Waals surface area contributed by atoms with Gasteiger partial charge in [0, 0.05) is 6.07 Å². The smallest absolute Gasteiger partial charge is 0.355 e. The Kier molecular flexibility index (Phi) is 7.82. The summed E-state index contributed by atoms with van der Waals surface area (Å²) in [6.45, 7) is 0. The number of halogens is 1. The molecule has 1 aliphatic heterocycles. The van der Waals surface area contributed by atoms with Crippen molar-refractivity contribution >= 4 is 17.6 Å². The molecule has 0 radical (unpaired) electrons. The molecule has 10 heteroatoms. The second-order valence-electron chi connectivity index (χ2n) is 8.22. The van der Waals surface area contributed by atoms with Gasteiger partial charge in [0.15, 0.2) is 5.75 Å². The average Bonchev–Trinajstić information content (AvgIpc) is 2.97. The van der Waals surface area contributed by atoms with E-state index in [0.29, 0.717) is 17.1 Å². The van der Waals surface area contributed by atoms with Crippen molar-refractivity contribution in [1.82, 2.24) is 0 Å². The van der Waals surface area contributed by atoms with E-state index in [4.69, 9.17) is 24.7 Å². The zero-order chi connectivity index (χ0) is 28.1. The Bertz CT molecular complexity index is 1510. The van der Waals surface area contributed by atoms with Gasteiger partial charge in [0.1, 0.15) is 28.8 Å². The fourth-order valence-electron chi connectivity index (χ4n) is 4.29. The number of ether oxygens (including phenoxy) is 4. The van der Waals surface area contributed by atoms with Gasteiger partial charge in [0.05, 0.1) is 50.2 Å². The number of hydrogen-bond donors (Lipinski definition) is 1. The van der Waals surface area contributed by atoms with Crippen molar-refractivity contribution in [2.24, 2.45) is 5.73 Å². The number of allylic oxidation sites excluding steroid dienone is 1. The maximum absolute atomic E-state index is 14.7. The minimum Gasteiger partial charge on any atom is -0.497 e. The van der Waals surface area contributed by atoms with Gasteiger partial charge < -0.3 is 24.7 Å². The van der Waals surface area contributed by atoms with Gasteiger partial charge >= 0.3 is 11.9 Å². The number of nitrogens with two attached hydrogens (primary N) is 1. The van der Waals surface area contributed by atoms with Gasteiger partial charge in [-0.25, -0.2) is 14.0 Å².